The standard InChI is InChI=1S/C11H18F3NO5/c1-19-5-2-3-8(10(17)18)15-9(16)4-6-20-7-11(12,13)14/h8H,2-7H2,1H3,(H,15,16)(H,17,18). The number of hydrogen-bond donors (Lipinski definition) is 2. The Morgan fingerprint density at radius 2 is 1.95 bits per heavy atom. The van der Waals surface area contributed by atoms with Crippen molar-refractivity contribution in [1.82, 2.24) is 5.32 Å². The second-order valence-electron chi connectivity index (χ2n) is 4.01. The largest absolute Gasteiger partial charge is 0.480 e. The van der Waals surface area contributed by atoms with Crippen LogP contribution < -0.4 is 5.32 Å². The number of aliphatic carboxylic acids is 1. The molecule has 1 amide bonds. The van der Waals surface area contributed by atoms with Gasteiger partial charge in [-0.25, -0.2) is 4.79 Å². The van der Waals surface area contributed by atoms with E-state index in [-0.39, 0.29) is 12.8 Å². The summed E-state index contributed by atoms with van der Waals surface area (Å²) in [6.45, 7) is -1.50. The van der Waals surface area contributed by atoms with Gasteiger partial charge in [-0.15, -0.1) is 0 Å². The van der Waals surface area contributed by atoms with Crippen LogP contribution in [0.3, 0.4) is 0 Å². The van der Waals surface area contributed by atoms with Gasteiger partial charge in [0.15, 0.2) is 0 Å². The summed E-state index contributed by atoms with van der Waals surface area (Å²) >= 11 is 0. The molecule has 0 aliphatic carbocycles. The summed E-state index contributed by atoms with van der Waals surface area (Å²) < 4.78 is 44.3. The molecule has 20 heavy (non-hydrogen) atoms. The highest BCUT2D eigenvalue weighted by Crippen LogP contribution is 2.14. The number of hydrogen-bond acceptors (Lipinski definition) is 4. The van der Waals surface area contributed by atoms with Crippen molar-refractivity contribution in [2.75, 3.05) is 26.9 Å². The van der Waals surface area contributed by atoms with Gasteiger partial charge in [0.2, 0.25) is 5.91 Å². The number of carbonyl (C=O) groups is 2. The molecular weight excluding hydrogens is 283 g/mol. The second kappa shape index (κ2) is 9.54. The number of alkyl halides is 3. The van der Waals surface area contributed by atoms with E-state index in [1.165, 1.54) is 7.11 Å². The lowest BCUT2D eigenvalue weighted by atomic mass is 10.1. The van der Waals surface area contributed by atoms with Crippen molar-refractivity contribution in [3.63, 3.8) is 0 Å². The van der Waals surface area contributed by atoms with Crippen LogP contribution in [0.4, 0.5) is 13.2 Å². The van der Waals surface area contributed by atoms with Crippen LogP contribution in [-0.4, -0.2) is 56.1 Å². The van der Waals surface area contributed by atoms with Crippen LogP contribution in [-0.2, 0) is 19.1 Å². The van der Waals surface area contributed by atoms with Gasteiger partial charge >= 0.3 is 12.1 Å². The Balaban J connectivity index is 3.92. The first-order valence-electron chi connectivity index (χ1n) is 5.92. The normalized spacial score (nSPS) is 13.0. The Labute approximate surface area is 114 Å². The lowest BCUT2D eigenvalue weighted by Crippen LogP contribution is -2.41. The Kier molecular flexibility index (Phi) is 8.89. The van der Waals surface area contributed by atoms with Crippen molar-refractivity contribution in [2.45, 2.75) is 31.5 Å². The Morgan fingerprint density at radius 1 is 1.30 bits per heavy atom. The summed E-state index contributed by atoms with van der Waals surface area (Å²) in [5.41, 5.74) is 0. The third kappa shape index (κ3) is 10.6. The van der Waals surface area contributed by atoms with Gasteiger partial charge in [0.05, 0.1) is 6.61 Å². The predicted octanol–water partition coefficient (Wildman–Crippen LogP) is 0.951. The molecule has 0 aromatic carbocycles. The molecule has 6 nitrogen and oxygen atoms in total. The van der Waals surface area contributed by atoms with E-state index in [2.05, 4.69) is 10.1 Å². The fourth-order valence-electron chi connectivity index (χ4n) is 1.31. The van der Waals surface area contributed by atoms with Gasteiger partial charge in [-0.2, -0.15) is 13.2 Å². The molecule has 0 rings (SSSR count). The van der Waals surface area contributed by atoms with Crippen molar-refractivity contribution >= 4 is 11.9 Å². The van der Waals surface area contributed by atoms with Crippen molar-refractivity contribution in [2.24, 2.45) is 0 Å². The van der Waals surface area contributed by atoms with Crippen LogP contribution in [0.15, 0.2) is 0 Å². The Morgan fingerprint density at radius 3 is 2.45 bits per heavy atom. The molecule has 0 aliphatic heterocycles. The van der Waals surface area contributed by atoms with Gasteiger partial charge in [0, 0.05) is 20.1 Å². The van der Waals surface area contributed by atoms with Crippen molar-refractivity contribution in [3.8, 4) is 0 Å². The zero-order valence-electron chi connectivity index (χ0n) is 11.0. The highest BCUT2D eigenvalue weighted by molar-refractivity contribution is 5.83. The maximum atomic E-state index is 11.8. The number of nitrogens with one attached hydrogen (secondary N) is 1. The molecule has 2 N–H and O–H groups in total. The van der Waals surface area contributed by atoms with Crippen LogP contribution in [0.5, 0.6) is 0 Å². The number of ether oxygens (including phenoxy) is 2. The van der Waals surface area contributed by atoms with Gasteiger partial charge in [0.25, 0.3) is 0 Å². The van der Waals surface area contributed by atoms with Crippen LogP contribution in [0.25, 0.3) is 0 Å². The summed E-state index contributed by atoms with van der Waals surface area (Å²) in [6.07, 6.45) is -4.15. The molecule has 0 fully saturated rings. The number of carboxylic acids is 1. The summed E-state index contributed by atoms with van der Waals surface area (Å²) in [5, 5.41) is 11.1. The minimum atomic E-state index is -4.44. The fourth-order valence-corrected chi connectivity index (χ4v) is 1.31. The number of amides is 1. The fraction of sp³-hybridized carbons (Fsp3) is 0.818. The lowest BCUT2D eigenvalue weighted by Gasteiger charge is -2.14. The predicted molar refractivity (Wildman–Crippen MR) is 62.2 cm³/mol. The van der Waals surface area contributed by atoms with Crippen LogP contribution in [0.2, 0.25) is 0 Å². The molecule has 9 heteroatoms. The first kappa shape index (κ1) is 18.7. The molecule has 0 radical (unpaired) electrons. The van der Waals surface area contributed by atoms with E-state index in [0.717, 1.165) is 0 Å². The molecule has 0 saturated carbocycles. The zero-order chi connectivity index (χ0) is 15.6. The summed E-state index contributed by atoms with van der Waals surface area (Å²) in [6, 6.07) is -1.08. The number of halogens is 3. The summed E-state index contributed by atoms with van der Waals surface area (Å²) in [4.78, 5) is 22.2. The molecule has 0 aromatic rings. The third-order valence-electron chi connectivity index (χ3n) is 2.21. The van der Waals surface area contributed by atoms with Crippen LogP contribution in [0, 0.1) is 0 Å². The molecular formula is C11H18F3NO5. The van der Waals surface area contributed by atoms with E-state index in [0.29, 0.717) is 13.0 Å². The minimum Gasteiger partial charge on any atom is -0.480 e. The molecule has 0 heterocycles. The zero-order valence-corrected chi connectivity index (χ0v) is 11.0. The third-order valence-corrected chi connectivity index (χ3v) is 2.21. The van der Waals surface area contributed by atoms with Crippen molar-refractivity contribution in [1.29, 1.82) is 0 Å². The number of carbonyl (C=O) groups excluding carboxylic acids is 1. The molecule has 0 spiro atoms. The van der Waals surface area contributed by atoms with Gasteiger partial charge in [-0.3, -0.25) is 4.79 Å². The highest BCUT2D eigenvalue weighted by Gasteiger charge is 2.27. The SMILES string of the molecule is COCCCC(NC(=O)CCOCC(F)(F)F)C(=O)O. The number of methoxy groups -OCH3 is 1. The maximum absolute atomic E-state index is 11.8. The van der Waals surface area contributed by atoms with E-state index in [9.17, 15) is 22.8 Å². The number of rotatable bonds is 10. The second-order valence-corrected chi connectivity index (χ2v) is 4.01. The van der Waals surface area contributed by atoms with E-state index in [1.54, 1.807) is 0 Å². The lowest BCUT2D eigenvalue weighted by molar-refractivity contribution is -0.174. The maximum Gasteiger partial charge on any atom is 0.411 e. The van der Waals surface area contributed by atoms with Gasteiger partial charge in [-0.05, 0) is 12.8 Å². The topological polar surface area (TPSA) is 84.9 Å². The van der Waals surface area contributed by atoms with Crippen LogP contribution in [0.1, 0.15) is 19.3 Å². The average Bonchev–Trinajstić information content (AvgIpc) is 2.32. The molecule has 0 aromatic heterocycles. The highest BCUT2D eigenvalue weighted by atomic mass is 19.4. The van der Waals surface area contributed by atoms with Crippen molar-refractivity contribution in [3.05, 3.63) is 0 Å². The Bertz CT molecular complexity index is 309. The smallest absolute Gasteiger partial charge is 0.411 e. The van der Waals surface area contributed by atoms with Crippen molar-refractivity contribution < 1.29 is 37.3 Å². The van der Waals surface area contributed by atoms with E-state index in [1.807, 2.05) is 0 Å². The molecule has 0 bridgehead atoms. The summed E-state index contributed by atoms with van der Waals surface area (Å²) in [7, 11) is 1.46. The molecule has 1 atom stereocenters. The van der Waals surface area contributed by atoms with Gasteiger partial charge < -0.3 is 19.9 Å². The summed E-state index contributed by atoms with van der Waals surface area (Å²) in [5.74, 6) is -1.87. The first-order chi connectivity index (χ1) is 9.26. The number of carboxylic acid groups (broad SMARTS) is 1. The molecule has 0 saturated heterocycles. The minimum absolute atomic E-state index is 0.179. The molecule has 1 unspecified atom stereocenters. The quantitative estimate of drug-likeness (QED) is 0.587. The first-order valence-corrected chi connectivity index (χ1v) is 5.92. The van der Waals surface area contributed by atoms with E-state index in [4.69, 9.17) is 9.84 Å². The van der Waals surface area contributed by atoms with Gasteiger partial charge in [0.1, 0.15) is 12.6 Å². The van der Waals surface area contributed by atoms with Gasteiger partial charge in [-0.1, -0.05) is 0 Å². The van der Waals surface area contributed by atoms with E-state index >= 15 is 0 Å². The molecule has 0 aliphatic rings. The van der Waals surface area contributed by atoms with Crippen LogP contribution >= 0.6 is 0 Å². The van der Waals surface area contributed by atoms with E-state index < -0.39 is 37.3 Å². The monoisotopic (exact) mass is 301 g/mol. The molecule has 118 valence electrons. The average molecular weight is 301 g/mol. The Hall–Kier alpha value is -1.35.